The van der Waals surface area contributed by atoms with E-state index < -0.39 is 6.10 Å². The first-order chi connectivity index (χ1) is 11.6. The monoisotopic (exact) mass is 342 g/mol. The van der Waals surface area contributed by atoms with Gasteiger partial charge in [-0.3, -0.25) is 9.59 Å². The molecule has 1 saturated heterocycles. The molecule has 140 valence electrons. The van der Waals surface area contributed by atoms with Crippen LogP contribution in [-0.4, -0.2) is 42.3 Å². The summed E-state index contributed by atoms with van der Waals surface area (Å²) < 4.78 is 10.0. The Morgan fingerprint density at radius 2 is 1.79 bits per heavy atom. The van der Waals surface area contributed by atoms with E-state index in [2.05, 4.69) is 11.7 Å². The number of unbranched alkanes of at least 4 members (excludes halogenated alkanes) is 6. The summed E-state index contributed by atoms with van der Waals surface area (Å²) in [5, 5.41) is 9.97. The van der Waals surface area contributed by atoms with Gasteiger partial charge in [0.25, 0.3) is 0 Å². The molecule has 5 heteroatoms. The third kappa shape index (κ3) is 9.38. The minimum absolute atomic E-state index is 0.0575. The van der Waals surface area contributed by atoms with Crippen molar-refractivity contribution in [3.8, 4) is 0 Å². The molecule has 0 aromatic carbocycles. The molecule has 1 aliphatic rings. The lowest BCUT2D eigenvalue weighted by Gasteiger charge is -2.08. The number of epoxide rings is 1. The number of aliphatic hydroxyl groups is 1. The van der Waals surface area contributed by atoms with Gasteiger partial charge in [-0.2, -0.15) is 0 Å². The topological polar surface area (TPSA) is 76.1 Å². The smallest absolute Gasteiger partial charge is 0.305 e. The first kappa shape index (κ1) is 21.1. The third-order valence-electron chi connectivity index (χ3n) is 4.57. The van der Waals surface area contributed by atoms with E-state index >= 15 is 0 Å². The lowest BCUT2D eigenvalue weighted by Crippen LogP contribution is -2.18. The van der Waals surface area contributed by atoms with Crippen LogP contribution in [-0.2, 0) is 19.1 Å². The zero-order valence-corrected chi connectivity index (χ0v) is 15.3. The molecule has 5 nitrogen and oxygen atoms in total. The lowest BCUT2D eigenvalue weighted by molar-refractivity contribution is -0.140. The highest BCUT2D eigenvalue weighted by molar-refractivity contribution is 5.86. The fourth-order valence-electron chi connectivity index (χ4n) is 2.97. The Bertz CT molecular complexity index is 369. The zero-order chi connectivity index (χ0) is 17.8. The average Bonchev–Trinajstić information content (AvgIpc) is 3.33. The average molecular weight is 342 g/mol. The molecule has 0 radical (unpaired) electrons. The summed E-state index contributed by atoms with van der Waals surface area (Å²) in [5.41, 5.74) is 0. The van der Waals surface area contributed by atoms with Crippen LogP contribution in [0.25, 0.3) is 0 Å². The molecule has 1 heterocycles. The second-order valence-electron chi connectivity index (χ2n) is 6.80. The number of hydrogen-bond acceptors (Lipinski definition) is 5. The minimum Gasteiger partial charge on any atom is -0.469 e. The molecule has 3 atom stereocenters. The van der Waals surface area contributed by atoms with Crippen molar-refractivity contribution in [1.29, 1.82) is 0 Å². The number of carbonyl (C=O) groups excluding carboxylic acids is 2. The van der Waals surface area contributed by atoms with E-state index in [-0.39, 0.29) is 30.4 Å². The second kappa shape index (κ2) is 12.4. The van der Waals surface area contributed by atoms with E-state index in [1.807, 2.05) is 0 Å². The molecule has 1 unspecified atom stereocenters. The van der Waals surface area contributed by atoms with Gasteiger partial charge in [0, 0.05) is 12.8 Å². The van der Waals surface area contributed by atoms with E-state index in [1.165, 1.54) is 20.0 Å². The van der Waals surface area contributed by atoms with E-state index in [4.69, 9.17) is 4.74 Å². The first-order valence-corrected chi connectivity index (χ1v) is 9.51. The number of ether oxygens (including phenoxy) is 2. The van der Waals surface area contributed by atoms with Crippen molar-refractivity contribution in [3.05, 3.63) is 0 Å². The highest BCUT2D eigenvalue weighted by atomic mass is 16.6. The van der Waals surface area contributed by atoms with Crippen LogP contribution >= 0.6 is 0 Å². The summed E-state index contributed by atoms with van der Waals surface area (Å²) in [6.45, 7) is 2.16. The van der Waals surface area contributed by atoms with E-state index in [1.54, 1.807) is 0 Å². The van der Waals surface area contributed by atoms with Crippen LogP contribution in [0.2, 0.25) is 0 Å². The largest absolute Gasteiger partial charge is 0.469 e. The van der Waals surface area contributed by atoms with Crippen molar-refractivity contribution in [1.82, 2.24) is 0 Å². The van der Waals surface area contributed by atoms with Crippen LogP contribution in [0.4, 0.5) is 0 Å². The van der Waals surface area contributed by atoms with Crippen molar-refractivity contribution in [2.24, 2.45) is 0 Å². The first-order valence-electron chi connectivity index (χ1n) is 9.51. The summed E-state index contributed by atoms with van der Waals surface area (Å²) in [5.74, 6) is -0.0960. The van der Waals surface area contributed by atoms with Gasteiger partial charge < -0.3 is 14.6 Å². The quantitative estimate of drug-likeness (QED) is 0.280. The summed E-state index contributed by atoms with van der Waals surface area (Å²) in [6.07, 6.45) is 9.93. The highest BCUT2D eigenvalue weighted by Gasteiger charge is 2.43. The van der Waals surface area contributed by atoms with Crippen molar-refractivity contribution in [2.45, 2.75) is 102 Å². The van der Waals surface area contributed by atoms with Gasteiger partial charge >= 0.3 is 5.97 Å². The van der Waals surface area contributed by atoms with E-state index in [0.29, 0.717) is 12.8 Å². The molecule has 0 saturated carbocycles. The van der Waals surface area contributed by atoms with Gasteiger partial charge in [0.15, 0.2) is 5.78 Å². The van der Waals surface area contributed by atoms with Crippen molar-refractivity contribution >= 4 is 11.8 Å². The van der Waals surface area contributed by atoms with Gasteiger partial charge in [0.05, 0.1) is 19.3 Å². The molecule has 0 aromatic rings. The molecule has 0 spiro atoms. The number of esters is 1. The second-order valence-corrected chi connectivity index (χ2v) is 6.80. The number of aliphatic hydroxyl groups excluding tert-OH is 1. The van der Waals surface area contributed by atoms with Gasteiger partial charge in [0.2, 0.25) is 0 Å². The van der Waals surface area contributed by atoms with Crippen LogP contribution in [0.15, 0.2) is 0 Å². The Kier molecular flexibility index (Phi) is 10.9. The maximum absolute atomic E-state index is 12.0. The number of methoxy groups -OCH3 is 1. The zero-order valence-electron chi connectivity index (χ0n) is 15.3. The van der Waals surface area contributed by atoms with E-state index in [0.717, 1.165) is 44.9 Å². The lowest BCUT2D eigenvalue weighted by atomic mass is 10.0. The normalized spacial score (nSPS) is 20.6. The molecule has 1 rings (SSSR count). The Balaban J connectivity index is 1.95. The number of ketones is 1. The van der Waals surface area contributed by atoms with Crippen LogP contribution in [0, 0.1) is 0 Å². The van der Waals surface area contributed by atoms with Crippen molar-refractivity contribution in [2.75, 3.05) is 7.11 Å². The third-order valence-corrected chi connectivity index (χ3v) is 4.57. The molecule has 0 aromatic heterocycles. The van der Waals surface area contributed by atoms with Gasteiger partial charge in [0.1, 0.15) is 6.10 Å². The van der Waals surface area contributed by atoms with Gasteiger partial charge in [-0.1, -0.05) is 51.9 Å². The molecule has 0 aliphatic carbocycles. The van der Waals surface area contributed by atoms with Crippen molar-refractivity contribution < 1.29 is 24.2 Å². The minimum atomic E-state index is -0.548. The SMILES string of the molecule is CCCCC[C@H]1O[C@@H]1C(=O)CC(O)CCCCCCCC(=O)OC. The molecule has 1 fully saturated rings. The summed E-state index contributed by atoms with van der Waals surface area (Å²) >= 11 is 0. The highest BCUT2D eigenvalue weighted by Crippen LogP contribution is 2.29. The van der Waals surface area contributed by atoms with Crippen LogP contribution in [0.3, 0.4) is 0 Å². The molecule has 1 N–H and O–H groups in total. The Morgan fingerprint density at radius 3 is 2.50 bits per heavy atom. The molecule has 24 heavy (non-hydrogen) atoms. The molecular formula is C19H34O5. The molecule has 0 amide bonds. The van der Waals surface area contributed by atoms with E-state index in [9.17, 15) is 14.7 Å². The van der Waals surface area contributed by atoms with Gasteiger partial charge in [-0.25, -0.2) is 0 Å². The molecular weight excluding hydrogens is 308 g/mol. The standard InChI is InChI=1S/C19H34O5/c1-3-4-8-12-17-19(24-17)16(21)14-15(20)11-9-6-5-7-10-13-18(22)23-2/h15,17,19-20H,3-14H2,1-2H3/t15?,17-,19-/m1/s1. The Hall–Kier alpha value is -0.940. The van der Waals surface area contributed by atoms with Crippen molar-refractivity contribution in [3.63, 3.8) is 0 Å². The van der Waals surface area contributed by atoms with Crippen LogP contribution in [0.1, 0.15) is 84.0 Å². The summed E-state index contributed by atoms with van der Waals surface area (Å²) in [7, 11) is 1.41. The number of hydrogen-bond donors (Lipinski definition) is 1. The predicted octanol–water partition coefficient (Wildman–Crippen LogP) is 3.56. The van der Waals surface area contributed by atoms with Gasteiger partial charge in [-0.15, -0.1) is 0 Å². The fraction of sp³-hybridized carbons (Fsp3) is 0.895. The van der Waals surface area contributed by atoms with Crippen LogP contribution in [0.5, 0.6) is 0 Å². The summed E-state index contributed by atoms with van der Waals surface area (Å²) in [6, 6.07) is 0. The Labute approximate surface area is 146 Å². The van der Waals surface area contributed by atoms with Gasteiger partial charge in [-0.05, 0) is 19.3 Å². The summed E-state index contributed by atoms with van der Waals surface area (Å²) in [4.78, 5) is 22.9. The predicted molar refractivity (Wildman–Crippen MR) is 92.8 cm³/mol. The number of Topliss-reactive ketones (excluding diaryl/α,β-unsaturated/α-hetero) is 1. The fourth-order valence-corrected chi connectivity index (χ4v) is 2.97. The Morgan fingerprint density at radius 1 is 1.08 bits per heavy atom. The number of carbonyl (C=O) groups is 2. The number of rotatable bonds is 15. The molecule has 0 bridgehead atoms. The maximum atomic E-state index is 12.0. The molecule has 1 aliphatic heterocycles. The van der Waals surface area contributed by atoms with Crippen LogP contribution < -0.4 is 0 Å². The maximum Gasteiger partial charge on any atom is 0.305 e.